The van der Waals surface area contributed by atoms with Gasteiger partial charge in [-0.2, -0.15) is 13.2 Å². The third kappa shape index (κ3) is 3.67. The number of carbonyl (C=O) groups excluding carboxylic acids is 1. The van der Waals surface area contributed by atoms with Crippen LogP contribution >= 0.6 is 0 Å². The number of alkyl halides is 3. The van der Waals surface area contributed by atoms with Gasteiger partial charge in [-0.15, -0.1) is 0 Å². The van der Waals surface area contributed by atoms with Gasteiger partial charge in [-0.3, -0.25) is 4.79 Å². The molecule has 140 valence electrons. The van der Waals surface area contributed by atoms with Crippen LogP contribution in [0.2, 0.25) is 0 Å². The van der Waals surface area contributed by atoms with Crippen LogP contribution in [0.5, 0.6) is 11.5 Å². The van der Waals surface area contributed by atoms with Gasteiger partial charge in [0.05, 0.1) is 11.1 Å². The predicted molar refractivity (Wildman–Crippen MR) is 80.9 cm³/mol. The minimum Gasteiger partial charge on any atom is -0.453 e. The summed E-state index contributed by atoms with van der Waals surface area (Å²) in [6.45, 7) is 0. The van der Waals surface area contributed by atoms with E-state index in [0.29, 0.717) is 6.29 Å². The summed E-state index contributed by atoms with van der Waals surface area (Å²) in [5.74, 6) is -6.39. The normalized spacial score (nSPS) is 11.5. The van der Waals surface area contributed by atoms with Crippen molar-refractivity contribution < 1.29 is 40.3 Å². The van der Waals surface area contributed by atoms with Gasteiger partial charge in [0.1, 0.15) is 5.76 Å². The summed E-state index contributed by atoms with van der Waals surface area (Å²) in [5, 5.41) is 0. The average molecular weight is 386 g/mol. The molecule has 3 nitrogen and oxygen atoms in total. The summed E-state index contributed by atoms with van der Waals surface area (Å²) >= 11 is 0. The van der Waals surface area contributed by atoms with Gasteiger partial charge in [0.25, 0.3) is 0 Å². The van der Waals surface area contributed by atoms with Gasteiger partial charge in [0, 0.05) is 0 Å². The van der Waals surface area contributed by atoms with Crippen molar-refractivity contribution in [1.82, 2.24) is 0 Å². The Hall–Kier alpha value is -3.23. The summed E-state index contributed by atoms with van der Waals surface area (Å²) in [6, 6.07) is 6.10. The Balaban J connectivity index is 2.08. The molecule has 0 aliphatic heterocycles. The SMILES string of the molecule is O=Cc1ccc(-c2cccc(F)c2Oc2c(F)cc(C(F)(F)F)cc2F)o1. The number of ether oxygens (including phenoxy) is 1. The van der Waals surface area contributed by atoms with E-state index in [0.717, 1.165) is 6.07 Å². The molecule has 1 heterocycles. The average Bonchev–Trinajstić information content (AvgIpc) is 3.07. The van der Waals surface area contributed by atoms with Crippen LogP contribution in [-0.2, 0) is 6.18 Å². The van der Waals surface area contributed by atoms with Gasteiger partial charge >= 0.3 is 6.18 Å². The highest BCUT2D eigenvalue weighted by atomic mass is 19.4. The molecule has 0 bridgehead atoms. The van der Waals surface area contributed by atoms with Crippen molar-refractivity contribution in [3.63, 3.8) is 0 Å². The Bertz CT molecular complexity index is 984. The van der Waals surface area contributed by atoms with Crippen molar-refractivity contribution in [2.75, 3.05) is 0 Å². The molecule has 2 aromatic carbocycles. The van der Waals surface area contributed by atoms with Crippen LogP contribution in [-0.4, -0.2) is 6.29 Å². The van der Waals surface area contributed by atoms with Crippen molar-refractivity contribution in [2.45, 2.75) is 6.18 Å². The fraction of sp³-hybridized carbons (Fsp3) is 0.0556. The zero-order chi connectivity index (χ0) is 19.8. The Morgan fingerprint density at radius 2 is 1.56 bits per heavy atom. The molecule has 0 radical (unpaired) electrons. The summed E-state index contributed by atoms with van der Waals surface area (Å²) < 4.78 is 90.1. The quantitative estimate of drug-likeness (QED) is 0.409. The fourth-order valence-corrected chi connectivity index (χ4v) is 2.29. The van der Waals surface area contributed by atoms with Gasteiger partial charge < -0.3 is 9.15 Å². The summed E-state index contributed by atoms with van der Waals surface area (Å²) in [5.41, 5.74) is -1.65. The Kier molecular flexibility index (Phi) is 4.69. The molecule has 0 N–H and O–H groups in total. The zero-order valence-electron chi connectivity index (χ0n) is 13.1. The smallest absolute Gasteiger partial charge is 0.416 e. The summed E-state index contributed by atoms with van der Waals surface area (Å²) in [6.07, 6.45) is -4.58. The number of benzene rings is 2. The molecule has 3 aromatic rings. The van der Waals surface area contributed by atoms with E-state index in [-0.39, 0.29) is 29.2 Å². The molecule has 3 rings (SSSR count). The molecule has 27 heavy (non-hydrogen) atoms. The van der Waals surface area contributed by atoms with Crippen LogP contribution in [0.25, 0.3) is 11.3 Å². The summed E-state index contributed by atoms with van der Waals surface area (Å²) in [4.78, 5) is 10.7. The standard InChI is InChI=1S/C18H8F6O3/c19-12-3-1-2-11(15-5-4-10(8-25)26-15)16(12)27-17-13(20)6-9(7-14(17)21)18(22,23)24/h1-8H. The van der Waals surface area contributed by atoms with Crippen molar-refractivity contribution in [3.8, 4) is 22.8 Å². The van der Waals surface area contributed by atoms with Crippen molar-refractivity contribution >= 4 is 6.29 Å². The second-order valence-electron chi connectivity index (χ2n) is 5.31. The Labute approximate surface area is 147 Å². The molecule has 9 heteroatoms. The van der Waals surface area contributed by atoms with Crippen molar-refractivity contribution in [1.29, 1.82) is 0 Å². The van der Waals surface area contributed by atoms with Gasteiger partial charge in [-0.05, 0) is 36.4 Å². The number of carbonyl (C=O) groups is 1. The Morgan fingerprint density at radius 3 is 2.11 bits per heavy atom. The first-order valence-electron chi connectivity index (χ1n) is 7.28. The highest BCUT2D eigenvalue weighted by Crippen LogP contribution is 2.40. The molecule has 0 fully saturated rings. The highest BCUT2D eigenvalue weighted by molar-refractivity contribution is 5.74. The monoisotopic (exact) mass is 386 g/mol. The van der Waals surface area contributed by atoms with Crippen LogP contribution in [0.15, 0.2) is 46.9 Å². The Morgan fingerprint density at radius 1 is 0.889 bits per heavy atom. The van der Waals surface area contributed by atoms with E-state index in [1.165, 1.54) is 24.3 Å². The number of rotatable bonds is 4. The van der Waals surface area contributed by atoms with Gasteiger partial charge in [0.2, 0.25) is 0 Å². The zero-order valence-corrected chi connectivity index (χ0v) is 13.1. The van der Waals surface area contributed by atoms with Crippen LogP contribution in [0, 0.1) is 17.5 Å². The minimum absolute atomic E-state index is 0.0380. The number of hydrogen-bond donors (Lipinski definition) is 0. The third-order valence-corrected chi connectivity index (χ3v) is 3.51. The van der Waals surface area contributed by atoms with E-state index in [4.69, 9.17) is 9.15 Å². The first-order chi connectivity index (χ1) is 12.7. The highest BCUT2D eigenvalue weighted by Gasteiger charge is 2.33. The lowest BCUT2D eigenvalue weighted by Gasteiger charge is -2.14. The van der Waals surface area contributed by atoms with Crippen LogP contribution < -0.4 is 4.74 Å². The number of para-hydroxylation sites is 1. The minimum atomic E-state index is -4.97. The molecule has 0 amide bonds. The molecule has 0 aliphatic carbocycles. The molecule has 0 saturated heterocycles. The molecule has 0 atom stereocenters. The van der Waals surface area contributed by atoms with Crippen LogP contribution in [0.4, 0.5) is 26.3 Å². The fourth-order valence-electron chi connectivity index (χ4n) is 2.29. The molecule has 0 unspecified atom stereocenters. The molecular formula is C18H8F6O3. The second kappa shape index (κ2) is 6.82. The summed E-state index contributed by atoms with van der Waals surface area (Å²) in [7, 11) is 0. The molecule has 0 aliphatic rings. The maximum absolute atomic E-state index is 14.2. The second-order valence-corrected chi connectivity index (χ2v) is 5.31. The third-order valence-electron chi connectivity index (χ3n) is 3.51. The molecule has 1 aromatic heterocycles. The van der Waals surface area contributed by atoms with E-state index in [1.54, 1.807) is 0 Å². The topological polar surface area (TPSA) is 39.4 Å². The van der Waals surface area contributed by atoms with Gasteiger partial charge in [0.15, 0.2) is 41.0 Å². The number of halogens is 6. The van der Waals surface area contributed by atoms with E-state index < -0.39 is 40.7 Å². The number of hydrogen-bond acceptors (Lipinski definition) is 3. The van der Waals surface area contributed by atoms with Gasteiger partial charge in [-0.1, -0.05) is 6.07 Å². The maximum Gasteiger partial charge on any atom is 0.416 e. The van der Waals surface area contributed by atoms with E-state index >= 15 is 0 Å². The lowest BCUT2D eigenvalue weighted by molar-refractivity contribution is -0.138. The first kappa shape index (κ1) is 18.6. The van der Waals surface area contributed by atoms with E-state index in [1.807, 2.05) is 0 Å². The molecular weight excluding hydrogens is 378 g/mol. The van der Waals surface area contributed by atoms with Crippen LogP contribution in [0.3, 0.4) is 0 Å². The largest absolute Gasteiger partial charge is 0.453 e. The molecule has 0 saturated carbocycles. The van der Waals surface area contributed by atoms with Gasteiger partial charge in [-0.25, -0.2) is 13.2 Å². The maximum atomic E-state index is 14.2. The lowest BCUT2D eigenvalue weighted by atomic mass is 10.1. The van der Waals surface area contributed by atoms with E-state index in [9.17, 15) is 31.1 Å². The van der Waals surface area contributed by atoms with Crippen molar-refractivity contribution in [2.24, 2.45) is 0 Å². The first-order valence-corrected chi connectivity index (χ1v) is 7.28. The predicted octanol–water partition coefficient (Wildman–Crippen LogP) is 5.99. The van der Waals surface area contributed by atoms with E-state index in [2.05, 4.69) is 0 Å². The van der Waals surface area contributed by atoms with Crippen LogP contribution in [0.1, 0.15) is 16.1 Å². The molecule has 0 spiro atoms. The van der Waals surface area contributed by atoms with Crippen molar-refractivity contribution in [3.05, 3.63) is 71.2 Å². The number of furan rings is 1. The number of aldehydes is 1. The lowest BCUT2D eigenvalue weighted by Crippen LogP contribution is -2.07.